The molecule has 0 aliphatic heterocycles. The minimum absolute atomic E-state index is 0.138. The number of rotatable bonds is 5. The molecular weight excluding hydrogens is 281 g/mol. The lowest BCUT2D eigenvalue weighted by molar-refractivity contribution is 0.214. The summed E-state index contributed by atoms with van der Waals surface area (Å²) in [6, 6.07) is 3.49. The fourth-order valence-electron chi connectivity index (χ4n) is 1.87. The highest BCUT2D eigenvalue weighted by molar-refractivity contribution is 7.89. The Kier molecular flexibility index (Phi) is 5.29. The molecule has 2 N–H and O–H groups in total. The third kappa shape index (κ3) is 4.26. The zero-order valence-electron chi connectivity index (χ0n) is 12.3. The summed E-state index contributed by atoms with van der Waals surface area (Å²) in [6.07, 6.45) is 0.274. The molecule has 1 unspecified atom stereocenters. The molecule has 0 aliphatic rings. The zero-order valence-corrected chi connectivity index (χ0v) is 13.1. The van der Waals surface area contributed by atoms with Gasteiger partial charge < -0.3 is 5.11 Å². The van der Waals surface area contributed by atoms with Crippen LogP contribution in [0.3, 0.4) is 0 Å². The Morgan fingerprint density at radius 3 is 2.45 bits per heavy atom. The van der Waals surface area contributed by atoms with Gasteiger partial charge in [-0.25, -0.2) is 17.5 Å². The third-order valence-electron chi connectivity index (χ3n) is 3.14. The summed E-state index contributed by atoms with van der Waals surface area (Å²) < 4.78 is 40.8. The maximum Gasteiger partial charge on any atom is 0.243 e. The number of hydrogen-bond donors (Lipinski definition) is 2. The molecular formula is C14H22FNO3S. The molecule has 114 valence electrons. The summed E-state index contributed by atoms with van der Waals surface area (Å²) >= 11 is 0. The Morgan fingerprint density at radius 1 is 1.35 bits per heavy atom. The molecule has 1 atom stereocenters. The zero-order chi connectivity index (χ0) is 15.6. The van der Waals surface area contributed by atoms with Gasteiger partial charge in [-0.1, -0.05) is 26.8 Å². The van der Waals surface area contributed by atoms with Crippen LogP contribution in [0.1, 0.15) is 32.8 Å². The number of hydrogen-bond acceptors (Lipinski definition) is 3. The van der Waals surface area contributed by atoms with E-state index in [0.29, 0.717) is 5.56 Å². The second-order valence-corrected chi connectivity index (χ2v) is 7.67. The molecule has 0 amide bonds. The van der Waals surface area contributed by atoms with Crippen molar-refractivity contribution in [3.63, 3.8) is 0 Å². The summed E-state index contributed by atoms with van der Waals surface area (Å²) in [7, 11) is -3.95. The molecule has 20 heavy (non-hydrogen) atoms. The molecule has 0 radical (unpaired) electrons. The van der Waals surface area contributed by atoms with Gasteiger partial charge in [0.1, 0.15) is 10.7 Å². The highest BCUT2D eigenvalue weighted by atomic mass is 32.2. The highest BCUT2D eigenvalue weighted by Gasteiger charge is 2.30. The number of benzene rings is 1. The van der Waals surface area contributed by atoms with Gasteiger partial charge >= 0.3 is 0 Å². The Morgan fingerprint density at radius 2 is 1.95 bits per heavy atom. The number of nitrogens with one attached hydrogen (secondary N) is 1. The molecule has 1 aromatic rings. The van der Waals surface area contributed by atoms with Gasteiger partial charge in [0.05, 0.1) is 0 Å². The molecule has 0 fully saturated rings. The smallest absolute Gasteiger partial charge is 0.243 e. The summed E-state index contributed by atoms with van der Waals surface area (Å²) in [5.74, 6) is -0.778. The first-order valence-electron chi connectivity index (χ1n) is 6.47. The van der Waals surface area contributed by atoms with Crippen LogP contribution < -0.4 is 4.72 Å². The molecule has 1 aromatic carbocycles. The van der Waals surface area contributed by atoms with Crippen LogP contribution in [0.5, 0.6) is 0 Å². The maximum absolute atomic E-state index is 13.7. The molecule has 0 aromatic heterocycles. The second-order valence-electron chi connectivity index (χ2n) is 5.99. The van der Waals surface area contributed by atoms with E-state index in [0.717, 1.165) is 6.07 Å². The topological polar surface area (TPSA) is 66.4 Å². The van der Waals surface area contributed by atoms with Gasteiger partial charge in [0.2, 0.25) is 10.0 Å². The first-order valence-corrected chi connectivity index (χ1v) is 7.95. The van der Waals surface area contributed by atoms with Gasteiger partial charge in [0.25, 0.3) is 0 Å². The van der Waals surface area contributed by atoms with Crippen molar-refractivity contribution in [2.45, 2.75) is 45.1 Å². The summed E-state index contributed by atoms with van der Waals surface area (Å²) in [5.41, 5.74) is 0.289. The van der Waals surface area contributed by atoms with Crippen LogP contribution in [0, 0.1) is 18.2 Å². The lowest BCUT2D eigenvalue weighted by atomic mass is 9.86. The SMILES string of the molecule is Cc1ccc(F)c(S(=O)(=O)NC(CCO)C(C)(C)C)c1. The lowest BCUT2D eigenvalue weighted by Crippen LogP contribution is -2.44. The van der Waals surface area contributed by atoms with Crippen LogP contribution in [0.15, 0.2) is 23.1 Å². The third-order valence-corrected chi connectivity index (χ3v) is 4.62. The average molecular weight is 303 g/mol. The molecule has 6 heteroatoms. The van der Waals surface area contributed by atoms with E-state index in [1.807, 2.05) is 20.8 Å². The van der Waals surface area contributed by atoms with Gasteiger partial charge in [0.15, 0.2) is 0 Å². The second kappa shape index (κ2) is 6.20. The predicted molar refractivity (Wildman–Crippen MR) is 76.4 cm³/mol. The summed E-state index contributed by atoms with van der Waals surface area (Å²) in [6.45, 7) is 7.15. The predicted octanol–water partition coefficient (Wildman–Crippen LogP) is 2.21. The Balaban J connectivity index is 3.13. The fraction of sp³-hybridized carbons (Fsp3) is 0.571. The van der Waals surface area contributed by atoms with Crippen molar-refractivity contribution in [1.82, 2.24) is 4.72 Å². The summed E-state index contributed by atoms with van der Waals surface area (Å²) in [5, 5.41) is 9.06. The lowest BCUT2D eigenvalue weighted by Gasteiger charge is -2.30. The Labute approximate surface area is 120 Å². The standard InChI is InChI=1S/C14H22FNO3S/c1-10-5-6-11(15)12(9-10)20(18,19)16-13(7-8-17)14(2,3)4/h5-6,9,13,16-17H,7-8H2,1-4H3. The van der Waals surface area contributed by atoms with Gasteiger partial charge in [-0.2, -0.15) is 0 Å². The molecule has 1 rings (SSSR count). The van der Waals surface area contributed by atoms with Gasteiger partial charge in [-0.05, 0) is 36.5 Å². The van der Waals surface area contributed by atoms with Crippen LogP contribution >= 0.6 is 0 Å². The van der Waals surface area contributed by atoms with E-state index in [-0.39, 0.29) is 23.3 Å². The van der Waals surface area contributed by atoms with Crippen molar-refractivity contribution < 1.29 is 17.9 Å². The van der Waals surface area contributed by atoms with E-state index in [1.165, 1.54) is 12.1 Å². The van der Waals surface area contributed by atoms with Crippen molar-refractivity contribution in [1.29, 1.82) is 0 Å². The van der Waals surface area contributed by atoms with Gasteiger partial charge in [-0.3, -0.25) is 0 Å². The van der Waals surface area contributed by atoms with Crippen molar-refractivity contribution in [3.05, 3.63) is 29.6 Å². The van der Waals surface area contributed by atoms with Crippen LogP contribution in [0.25, 0.3) is 0 Å². The number of aliphatic hydroxyl groups is 1. The molecule has 0 saturated carbocycles. The van der Waals surface area contributed by atoms with E-state index in [1.54, 1.807) is 6.92 Å². The van der Waals surface area contributed by atoms with Crippen LogP contribution in [0.2, 0.25) is 0 Å². The van der Waals surface area contributed by atoms with Crippen LogP contribution in [0.4, 0.5) is 4.39 Å². The Bertz CT molecular complexity index is 564. The first-order chi connectivity index (χ1) is 9.08. The van der Waals surface area contributed by atoms with E-state index < -0.39 is 21.9 Å². The highest BCUT2D eigenvalue weighted by Crippen LogP contribution is 2.24. The molecule has 0 heterocycles. The summed E-state index contributed by atoms with van der Waals surface area (Å²) in [4.78, 5) is -0.357. The number of sulfonamides is 1. The number of aryl methyl sites for hydroxylation is 1. The molecule has 0 bridgehead atoms. The Hall–Kier alpha value is -0.980. The quantitative estimate of drug-likeness (QED) is 0.876. The van der Waals surface area contributed by atoms with Crippen molar-refractivity contribution in [3.8, 4) is 0 Å². The van der Waals surface area contributed by atoms with Crippen molar-refractivity contribution in [2.24, 2.45) is 5.41 Å². The average Bonchev–Trinajstić information content (AvgIpc) is 2.30. The minimum Gasteiger partial charge on any atom is -0.396 e. The molecule has 4 nitrogen and oxygen atoms in total. The minimum atomic E-state index is -3.95. The van der Waals surface area contributed by atoms with Crippen molar-refractivity contribution >= 4 is 10.0 Å². The fourth-order valence-corrected chi connectivity index (χ4v) is 3.50. The largest absolute Gasteiger partial charge is 0.396 e. The number of aliphatic hydroxyl groups excluding tert-OH is 1. The van der Waals surface area contributed by atoms with Gasteiger partial charge in [0, 0.05) is 12.6 Å². The molecule has 0 saturated heterocycles. The first kappa shape index (κ1) is 17.1. The number of halogens is 1. The van der Waals surface area contributed by atoms with E-state index in [9.17, 15) is 12.8 Å². The van der Waals surface area contributed by atoms with E-state index in [4.69, 9.17) is 5.11 Å². The molecule has 0 aliphatic carbocycles. The monoisotopic (exact) mass is 303 g/mol. The maximum atomic E-state index is 13.7. The van der Waals surface area contributed by atoms with Crippen LogP contribution in [-0.4, -0.2) is 26.2 Å². The van der Waals surface area contributed by atoms with E-state index in [2.05, 4.69) is 4.72 Å². The van der Waals surface area contributed by atoms with Crippen LogP contribution in [-0.2, 0) is 10.0 Å². The normalized spacial score (nSPS) is 14.3. The van der Waals surface area contributed by atoms with Crippen molar-refractivity contribution in [2.75, 3.05) is 6.61 Å². The molecule has 0 spiro atoms. The van der Waals surface area contributed by atoms with E-state index >= 15 is 0 Å². The van der Waals surface area contributed by atoms with Gasteiger partial charge in [-0.15, -0.1) is 0 Å².